The van der Waals surface area contributed by atoms with Crippen molar-refractivity contribution in [1.29, 1.82) is 0 Å². The average Bonchev–Trinajstić information content (AvgIpc) is 2.62. The summed E-state index contributed by atoms with van der Waals surface area (Å²) >= 11 is 5.63. The zero-order valence-corrected chi connectivity index (χ0v) is 10.9. The number of alkyl halides is 1. The summed E-state index contributed by atoms with van der Waals surface area (Å²) in [5, 5.41) is 0. The molecule has 0 radical (unpaired) electrons. The molecule has 0 aromatic carbocycles. The molecule has 0 amide bonds. The molecule has 1 aliphatic rings. The van der Waals surface area contributed by atoms with Gasteiger partial charge in [-0.05, 0) is 25.7 Å². The lowest BCUT2D eigenvalue weighted by Crippen LogP contribution is -2.42. The van der Waals surface area contributed by atoms with E-state index in [4.69, 9.17) is 11.6 Å². The van der Waals surface area contributed by atoms with E-state index in [0.717, 1.165) is 25.7 Å². The Kier molecular flexibility index (Phi) is 4.83. The third kappa shape index (κ3) is 3.06. The van der Waals surface area contributed by atoms with Crippen LogP contribution in [0, 0.1) is 0 Å². The van der Waals surface area contributed by atoms with Gasteiger partial charge in [0.1, 0.15) is 0 Å². The number of rotatable bonds is 5. The van der Waals surface area contributed by atoms with E-state index >= 15 is 0 Å². The summed E-state index contributed by atoms with van der Waals surface area (Å²) < 4.78 is 26.7. The Balaban J connectivity index is 2.68. The van der Waals surface area contributed by atoms with Crippen LogP contribution in [0.2, 0.25) is 0 Å². The molecule has 1 saturated heterocycles. The normalized spacial score (nSPS) is 23.9. The molecule has 0 spiro atoms. The van der Waals surface area contributed by atoms with E-state index in [1.165, 1.54) is 4.31 Å². The zero-order valence-electron chi connectivity index (χ0n) is 9.32. The minimum Gasteiger partial charge on any atom is -0.195 e. The van der Waals surface area contributed by atoms with Gasteiger partial charge >= 0.3 is 0 Å². The quantitative estimate of drug-likeness (QED) is 0.694. The molecule has 0 bridgehead atoms. The van der Waals surface area contributed by atoms with E-state index < -0.39 is 10.2 Å². The van der Waals surface area contributed by atoms with Crippen LogP contribution in [0.4, 0.5) is 0 Å². The molecule has 6 heteroatoms. The molecule has 15 heavy (non-hydrogen) atoms. The summed E-state index contributed by atoms with van der Waals surface area (Å²) in [4.78, 5) is 0. The second kappa shape index (κ2) is 5.48. The second-order valence-electron chi connectivity index (χ2n) is 4.03. The van der Waals surface area contributed by atoms with Crippen LogP contribution in [0.25, 0.3) is 0 Å². The van der Waals surface area contributed by atoms with Crippen LogP contribution in [-0.2, 0) is 10.2 Å². The van der Waals surface area contributed by atoms with Crippen LogP contribution < -0.4 is 0 Å². The molecule has 0 aliphatic carbocycles. The first-order chi connectivity index (χ1) is 7.00. The van der Waals surface area contributed by atoms with Crippen molar-refractivity contribution < 1.29 is 8.42 Å². The Morgan fingerprint density at radius 3 is 2.67 bits per heavy atom. The van der Waals surface area contributed by atoms with Crippen molar-refractivity contribution in [2.75, 3.05) is 26.5 Å². The Bertz CT molecular complexity index is 292. The van der Waals surface area contributed by atoms with Crippen molar-refractivity contribution >= 4 is 21.8 Å². The van der Waals surface area contributed by atoms with Gasteiger partial charge in [0.25, 0.3) is 10.2 Å². The predicted octanol–water partition coefficient (Wildman–Crippen LogP) is 1.28. The van der Waals surface area contributed by atoms with Gasteiger partial charge in [0.2, 0.25) is 0 Å². The summed E-state index contributed by atoms with van der Waals surface area (Å²) in [6.45, 7) is 0.646. The van der Waals surface area contributed by atoms with E-state index in [2.05, 4.69) is 0 Å². The number of hydrogen-bond donors (Lipinski definition) is 0. The van der Waals surface area contributed by atoms with Gasteiger partial charge in [-0.25, -0.2) is 0 Å². The maximum absolute atomic E-state index is 11.9. The number of hydrogen-bond acceptors (Lipinski definition) is 2. The fourth-order valence-corrected chi connectivity index (χ4v) is 3.45. The fraction of sp³-hybridized carbons (Fsp3) is 1.00. The van der Waals surface area contributed by atoms with E-state index in [0.29, 0.717) is 12.4 Å². The summed E-state index contributed by atoms with van der Waals surface area (Å²) in [5.74, 6) is 0.604. The molecule has 1 heterocycles. The standard InChI is InChI=1S/C9H19ClN2O2S/c1-11(2)15(13,14)12-8-4-6-9(12)5-3-7-10/h9H,3-8H2,1-2H3. The molecule has 4 nitrogen and oxygen atoms in total. The molecule has 0 aromatic rings. The van der Waals surface area contributed by atoms with Gasteiger partial charge in [-0.3, -0.25) is 0 Å². The lowest BCUT2D eigenvalue weighted by Gasteiger charge is -2.26. The molecule has 1 atom stereocenters. The SMILES string of the molecule is CN(C)S(=O)(=O)N1CCCC1CCCCl. The van der Waals surface area contributed by atoms with Gasteiger partial charge in [-0.1, -0.05) is 0 Å². The van der Waals surface area contributed by atoms with Crippen LogP contribution in [0.15, 0.2) is 0 Å². The topological polar surface area (TPSA) is 40.6 Å². The second-order valence-corrected chi connectivity index (χ2v) is 6.50. The molecular formula is C9H19ClN2O2S. The van der Waals surface area contributed by atoms with E-state index in [1.807, 2.05) is 0 Å². The first-order valence-corrected chi connectivity index (χ1v) is 7.18. The lowest BCUT2D eigenvalue weighted by molar-refractivity contribution is 0.342. The minimum absolute atomic E-state index is 0.149. The molecular weight excluding hydrogens is 236 g/mol. The number of halogens is 1. The predicted molar refractivity (Wildman–Crippen MR) is 62.3 cm³/mol. The first kappa shape index (κ1) is 13.2. The van der Waals surface area contributed by atoms with Crippen molar-refractivity contribution in [3.8, 4) is 0 Å². The highest BCUT2D eigenvalue weighted by Gasteiger charge is 2.34. The van der Waals surface area contributed by atoms with Gasteiger partial charge in [0.05, 0.1) is 0 Å². The molecule has 1 unspecified atom stereocenters. The van der Waals surface area contributed by atoms with Crippen LogP contribution in [0.3, 0.4) is 0 Å². The van der Waals surface area contributed by atoms with Crippen molar-refractivity contribution in [3.05, 3.63) is 0 Å². The molecule has 1 fully saturated rings. The summed E-state index contributed by atoms with van der Waals surface area (Å²) in [6.07, 6.45) is 3.67. The molecule has 0 aromatic heterocycles. The van der Waals surface area contributed by atoms with Crippen LogP contribution >= 0.6 is 11.6 Å². The summed E-state index contributed by atoms with van der Waals surface area (Å²) in [7, 11) is -0.0813. The zero-order chi connectivity index (χ0) is 11.5. The van der Waals surface area contributed by atoms with Gasteiger partial charge in [0.15, 0.2) is 0 Å². The van der Waals surface area contributed by atoms with Crippen molar-refractivity contribution in [3.63, 3.8) is 0 Å². The molecule has 1 rings (SSSR count). The van der Waals surface area contributed by atoms with Gasteiger partial charge < -0.3 is 0 Å². The monoisotopic (exact) mass is 254 g/mol. The van der Waals surface area contributed by atoms with Gasteiger partial charge in [-0.15, -0.1) is 11.6 Å². The molecule has 90 valence electrons. The van der Waals surface area contributed by atoms with Gasteiger partial charge in [0, 0.05) is 32.6 Å². The third-order valence-corrected chi connectivity index (χ3v) is 5.02. The molecule has 0 saturated carbocycles. The Labute approximate surface area is 97.4 Å². The third-order valence-electron chi connectivity index (χ3n) is 2.75. The number of nitrogens with zero attached hydrogens (tertiary/aromatic N) is 2. The summed E-state index contributed by atoms with van der Waals surface area (Å²) in [5.41, 5.74) is 0. The van der Waals surface area contributed by atoms with E-state index in [9.17, 15) is 8.42 Å². The highest BCUT2D eigenvalue weighted by molar-refractivity contribution is 7.86. The minimum atomic E-state index is -3.23. The van der Waals surface area contributed by atoms with E-state index in [1.54, 1.807) is 18.4 Å². The highest BCUT2D eigenvalue weighted by atomic mass is 35.5. The molecule has 0 N–H and O–H groups in total. The van der Waals surface area contributed by atoms with Crippen molar-refractivity contribution in [2.45, 2.75) is 31.7 Å². The lowest BCUT2D eigenvalue weighted by atomic mass is 10.1. The van der Waals surface area contributed by atoms with Gasteiger partial charge in [-0.2, -0.15) is 17.0 Å². The first-order valence-electron chi connectivity index (χ1n) is 5.25. The van der Waals surface area contributed by atoms with Crippen LogP contribution in [0.1, 0.15) is 25.7 Å². The van der Waals surface area contributed by atoms with Crippen molar-refractivity contribution in [1.82, 2.24) is 8.61 Å². The van der Waals surface area contributed by atoms with Crippen LogP contribution in [-0.4, -0.2) is 49.6 Å². The maximum Gasteiger partial charge on any atom is 0.281 e. The van der Waals surface area contributed by atoms with Crippen LogP contribution in [0.5, 0.6) is 0 Å². The average molecular weight is 255 g/mol. The maximum atomic E-state index is 11.9. The summed E-state index contributed by atoms with van der Waals surface area (Å²) in [6, 6.07) is 0.149. The fourth-order valence-electron chi connectivity index (χ4n) is 1.92. The van der Waals surface area contributed by atoms with Crippen molar-refractivity contribution in [2.24, 2.45) is 0 Å². The molecule has 1 aliphatic heterocycles. The Morgan fingerprint density at radius 2 is 2.13 bits per heavy atom. The highest BCUT2D eigenvalue weighted by Crippen LogP contribution is 2.25. The van der Waals surface area contributed by atoms with E-state index in [-0.39, 0.29) is 6.04 Å². The Morgan fingerprint density at radius 1 is 1.47 bits per heavy atom. The smallest absolute Gasteiger partial charge is 0.195 e. The Hall–Kier alpha value is 0.160. The largest absolute Gasteiger partial charge is 0.281 e.